The fourth-order valence-corrected chi connectivity index (χ4v) is 7.75. The van der Waals surface area contributed by atoms with E-state index in [0.29, 0.717) is 18.3 Å². The number of nitrogens with two attached hydrogens (primary N) is 1. The quantitative estimate of drug-likeness (QED) is 0.365. The van der Waals surface area contributed by atoms with Crippen LogP contribution in [0.1, 0.15) is 44.1 Å². The van der Waals surface area contributed by atoms with Gasteiger partial charge in [-0.2, -0.15) is 0 Å². The molecule has 1 heterocycles. The summed E-state index contributed by atoms with van der Waals surface area (Å²) >= 11 is 6.86. The highest BCUT2D eigenvalue weighted by atomic mass is 35.5. The minimum atomic E-state index is -0.808. The summed E-state index contributed by atoms with van der Waals surface area (Å²) in [5.74, 6) is -0.405. The molecule has 4 bridgehead atoms. The van der Waals surface area contributed by atoms with E-state index < -0.39 is 35.1 Å². The van der Waals surface area contributed by atoms with Crippen molar-refractivity contribution in [2.75, 3.05) is 37.5 Å². The second-order valence-corrected chi connectivity index (χ2v) is 11.9. The number of hydrogen-bond donors (Lipinski definition) is 2. The summed E-state index contributed by atoms with van der Waals surface area (Å²) in [5.41, 5.74) is 4.74. The Morgan fingerprint density at radius 1 is 1.16 bits per heavy atom. The Labute approximate surface area is 225 Å². The highest BCUT2D eigenvalue weighted by molar-refractivity contribution is 6.24. The van der Waals surface area contributed by atoms with Gasteiger partial charge in [0.1, 0.15) is 5.82 Å². The van der Waals surface area contributed by atoms with Crippen LogP contribution >= 0.6 is 11.6 Å². The fraction of sp³-hybridized carbons (Fsp3) is 0.556. The van der Waals surface area contributed by atoms with Crippen molar-refractivity contribution < 1.29 is 19.1 Å². The van der Waals surface area contributed by atoms with Gasteiger partial charge in [-0.15, -0.1) is 11.6 Å². The maximum absolute atomic E-state index is 13.4. The number of esters is 1. The van der Waals surface area contributed by atoms with Gasteiger partial charge >= 0.3 is 11.7 Å². The molecule has 10 nitrogen and oxygen atoms in total. The van der Waals surface area contributed by atoms with Gasteiger partial charge in [-0.3, -0.25) is 28.8 Å². The number of nitrogens with zero attached hydrogens (tertiary/aromatic N) is 2. The summed E-state index contributed by atoms with van der Waals surface area (Å²) in [4.78, 5) is 55.2. The van der Waals surface area contributed by atoms with Crippen LogP contribution in [0, 0.1) is 17.3 Å². The molecule has 1 amide bonds. The Morgan fingerprint density at radius 3 is 2.47 bits per heavy atom. The lowest BCUT2D eigenvalue weighted by Gasteiger charge is -2.58. The Kier molecular flexibility index (Phi) is 7.13. The molecule has 4 saturated carbocycles. The third kappa shape index (κ3) is 4.99. The molecule has 0 unspecified atom stereocenters. The van der Waals surface area contributed by atoms with E-state index in [4.69, 9.17) is 26.8 Å². The van der Waals surface area contributed by atoms with Gasteiger partial charge in [-0.1, -0.05) is 30.3 Å². The summed E-state index contributed by atoms with van der Waals surface area (Å²) in [5, 5.41) is 0. The first kappa shape index (κ1) is 26.5. The Bertz CT molecular complexity index is 1330. The highest BCUT2D eigenvalue weighted by Crippen LogP contribution is 2.64. The molecule has 4 fully saturated rings. The first-order chi connectivity index (χ1) is 18.1. The predicted molar refractivity (Wildman–Crippen MR) is 142 cm³/mol. The second kappa shape index (κ2) is 10.2. The van der Waals surface area contributed by atoms with E-state index in [1.54, 1.807) is 0 Å². The van der Waals surface area contributed by atoms with Crippen molar-refractivity contribution >= 4 is 35.0 Å². The molecule has 38 heavy (non-hydrogen) atoms. The Hall–Kier alpha value is -3.11. The average molecular weight is 545 g/mol. The second-order valence-electron chi connectivity index (χ2n) is 11.1. The van der Waals surface area contributed by atoms with Crippen LogP contribution in [0.4, 0.5) is 11.5 Å². The highest BCUT2D eigenvalue weighted by Gasteiger charge is 2.60. The number of halogens is 1. The number of carbonyl (C=O) groups is 2. The van der Waals surface area contributed by atoms with Crippen LogP contribution in [0.5, 0.6) is 0 Å². The van der Waals surface area contributed by atoms with Crippen LogP contribution in [0.25, 0.3) is 0 Å². The fourth-order valence-electron chi connectivity index (χ4n) is 7.05. The number of rotatable bonds is 9. The maximum Gasteiger partial charge on any atom is 0.330 e. The topological polar surface area (TPSA) is 137 Å². The van der Waals surface area contributed by atoms with Crippen molar-refractivity contribution in [1.29, 1.82) is 0 Å². The minimum Gasteiger partial charge on any atom is -0.455 e. The van der Waals surface area contributed by atoms with Gasteiger partial charge in [0.25, 0.3) is 11.5 Å². The number of nitrogen functional groups attached to an aromatic ring is 1. The maximum atomic E-state index is 13.4. The van der Waals surface area contributed by atoms with E-state index in [1.165, 1.54) is 11.7 Å². The molecule has 0 aliphatic heterocycles. The van der Waals surface area contributed by atoms with Gasteiger partial charge in [0, 0.05) is 18.5 Å². The van der Waals surface area contributed by atoms with Crippen LogP contribution in [0.2, 0.25) is 0 Å². The van der Waals surface area contributed by atoms with Crippen LogP contribution in [-0.4, -0.2) is 53.2 Å². The van der Waals surface area contributed by atoms with Gasteiger partial charge in [-0.25, -0.2) is 4.79 Å². The van der Waals surface area contributed by atoms with Crippen LogP contribution in [-0.2, 0) is 25.6 Å². The third-order valence-corrected chi connectivity index (χ3v) is 8.68. The van der Waals surface area contributed by atoms with Crippen molar-refractivity contribution in [3.05, 3.63) is 56.7 Å². The SMILES string of the molecule is COCCN(C(=O)COC(=O)C12C[C@H]3C[C@@H](CC(Cl)(C3)C1)C2)c1c(N)n(Cc2ccccc2)c(=O)[nH]c1=O. The van der Waals surface area contributed by atoms with Gasteiger partial charge in [0.15, 0.2) is 12.3 Å². The molecule has 1 aromatic carbocycles. The van der Waals surface area contributed by atoms with Gasteiger partial charge in [0.05, 0.1) is 18.6 Å². The molecule has 3 N–H and O–H groups in total. The summed E-state index contributed by atoms with van der Waals surface area (Å²) in [6.07, 6.45) is 4.96. The molecular weight excluding hydrogens is 512 g/mol. The summed E-state index contributed by atoms with van der Waals surface area (Å²) < 4.78 is 11.9. The number of nitrogens with one attached hydrogen (secondary N) is 1. The normalized spacial score (nSPS) is 27.3. The molecule has 6 rings (SSSR count). The van der Waals surface area contributed by atoms with Gasteiger partial charge in [0.2, 0.25) is 0 Å². The molecule has 2 aromatic rings. The van der Waals surface area contributed by atoms with Crippen molar-refractivity contribution in [1.82, 2.24) is 9.55 Å². The van der Waals surface area contributed by atoms with E-state index in [2.05, 4.69) is 4.98 Å². The first-order valence-corrected chi connectivity index (χ1v) is 13.3. The Morgan fingerprint density at radius 2 is 1.84 bits per heavy atom. The van der Waals surface area contributed by atoms with Crippen molar-refractivity contribution in [2.24, 2.45) is 17.3 Å². The summed E-state index contributed by atoms with van der Waals surface area (Å²) in [6.45, 7) is -0.393. The van der Waals surface area contributed by atoms with E-state index in [0.717, 1.165) is 42.6 Å². The molecule has 2 atom stereocenters. The van der Waals surface area contributed by atoms with E-state index in [-0.39, 0.29) is 36.1 Å². The number of anilines is 2. The van der Waals surface area contributed by atoms with Crippen LogP contribution < -0.4 is 21.9 Å². The summed E-state index contributed by atoms with van der Waals surface area (Å²) in [7, 11) is 1.46. The molecule has 4 aliphatic rings. The molecule has 204 valence electrons. The number of aromatic amines is 1. The Balaban J connectivity index is 1.37. The number of hydrogen-bond acceptors (Lipinski definition) is 7. The standard InChI is InChI=1S/C27H33ClN4O6/c1-37-8-7-31(21-22(29)32(25(36)30-23(21)34)14-17-5-3-2-4-6-17)20(33)15-38-24(35)26-10-18-9-19(11-26)13-27(28,12-18)16-26/h2-6,18-19H,7-16,29H2,1H3,(H,30,34,36)/t18-,19-,26?,27?/m1/s1. The lowest BCUT2D eigenvalue weighted by Crippen LogP contribution is -2.56. The van der Waals surface area contributed by atoms with Crippen LogP contribution in [0.15, 0.2) is 39.9 Å². The lowest BCUT2D eigenvalue weighted by molar-refractivity contribution is -0.171. The monoisotopic (exact) mass is 544 g/mol. The third-order valence-electron chi connectivity index (χ3n) is 8.24. The number of aromatic nitrogens is 2. The van der Waals surface area contributed by atoms with E-state index in [9.17, 15) is 19.2 Å². The number of ether oxygens (including phenoxy) is 2. The molecule has 11 heteroatoms. The van der Waals surface area contributed by atoms with Gasteiger partial charge < -0.3 is 15.2 Å². The molecular formula is C27H33ClN4O6. The number of benzene rings is 1. The molecule has 1 aromatic heterocycles. The zero-order valence-corrected chi connectivity index (χ0v) is 22.2. The smallest absolute Gasteiger partial charge is 0.330 e. The van der Waals surface area contributed by atoms with Crippen molar-refractivity contribution in [3.63, 3.8) is 0 Å². The molecule has 4 aliphatic carbocycles. The molecule has 0 spiro atoms. The van der Waals surface area contributed by atoms with E-state index in [1.807, 2.05) is 30.3 Å². The zero-order valence-electron chi connectivity index (χ0n) is 21.4. The molecule has 0 radical (unpaired) electrons. The number of methoxy groups -OCH3 is 1. The zero-order chi connectivity index (χ0) is 27.1. The lowest BCUT2D eigenvalue weighted by atomic mass is 9.49. The van der Waals surface area contributed by atoms with Crippen molar-refractivity contribution in [2.45, 2.75) is 49.9 Å². The first-order valence-electron chi connectivity index (χ1n) is 12.9. The summed E-state index contributed by atoms with van der Waals surface area (Å²) in [6, 6.07) is 9.12. The van der Waals surface area contributed by atoms with E-state index >= 15 is 0 Å². The number of carbonyl (C=O) groups excluding carboxylic acids is 2. The average Bonchev–Trinajstić information content (AvgIpc) is 2.86. The minimum absolute atomic E-state index is 0.0240. The van der Waals surface area contributed by atoms with Gasteiger partial charge in [-0.05, 0) is 55.9 Å². The number of H-pyrrole nitrogens is 1. The largest absolute Gasteiger partial charge is 0.455 e. The van der Waals surface area contributed by atoms with Crippen LogP contribution in [0.3, 0.4) is 0 Å². The number of alkyl halides is 1. The van der Waals surface area contributed by atoms with Crippen molar-refractivity contribution in [3.8, 4) is 0 Å². The predicted octanol–water partition coefficient (Wildman–Crippen LogP) is 2.27. The number of amides is 1. The molecule has 0 saturated heterocycles.